The number of anilines is 1. The number of hydrogen-bond donors (Lipinski definition) is 1. The molecule has 32 heavy (non-hydrogen) atoms. The van der Waals surface area contributed by atoms with Crippen LogP contribution in [0.1, 0.15) is 37.2 Å². The van der Waals surface area contributed by atoms with Gasteiger partial charge in [-0.25, -0.2) is 19.0 Å². The highest BCUT2D eigenvalue weighted by atomic mass is 32.2. The van der Waals surface area contributed by atoms with E-state index in [1.54, 1.807) is 36.1 Å². The summed E-state index contributed by atoms with van der Waals surface area (Å²) in [6, 6.07) is 13.4. The number of amides is 1. The van der Waals surface area contributed by atoms with Gasteiger partial charge in [-0.2, -0.15) is 0 Å². The molecule has 9 heteroatoms. The number of aromatic nitrogens is 1. The van der Waals surface area contributed by atoms with E-state index < -0.39 is 11.9 Å². The Morgan fingerprint density at radius 3 is 2.62 bits per heavy atom. The van der Waals surface area contributed by atoms with Crippen molar-refractivity contribution < 1.29 is 28.6 Å². The van der Waals surface area contributed by atoms with E-state index in [2.05, 4.69) is 4.98 Å². The van der Waals surface area contributed by atoms with Crippen molar-refractivity contribution in [1.29, 1.82) is 0 Å². The minimum absolute atomic E-state index is 0.0951. The Balaban J connectivity index is 1.60. The second-order valence-corrected chi connectivity index (χ2v) is 8.10. The fraction of sp³-hybridized carbons (Fsp3) is 0.130. The number of esters is 1. The lowest BCUT2D eigenvalue weighted by Gasteiger charge is -2.26. The summed E-state index contributed by atoms with van der Waals surface area (Å²) in [5.74, 6) is -2.49. The highest BCUT2D eigenvalue weighted by Gasteiger charge is 2.35. The molecule has 1 N–H and O–H groups in total. The molecule has 0 saturated carbocycles. The van der Waals surface area contributed by atoms with Crippen molar-refractivity contribution in [3.63, 3.8) is 0 Å². The van der Waals surface area contributed by atoms with Crippen molar-refractivity contribution in [2.45, 2.75) is 12.3 Å². The molecule has 2 heterocycles. The van der Waals surface area contributed by atoms with Gasteiger partial charge >= 0.3 is 11.9 Å². The van der Waals surface area contributed by atoms with Gasteiger partial charge in [-0.1, -0.05) is 12.1 Å². The SMILES string of the molecule is Cc1cc(C(=O)Oc2ncccc2C(=O)O)ccc1N1C(=O)CSC1c1ccc(F)cc1. The summed E-state index contributed by atoms with van der Waals surface area (Å²) < 4.78 is 18.5. The highest BCUT2D eigenvalue weighted by molar-refractivity contribution is 8.00. The minimum Gasteiger partial charge on any atom is -0.477 e. The Morgan fingerprint density at radius 1 is 1.19 bits per heavy atom. The van der Waals surface area contributed by atoms with Crippen LogP contribution in [0.4, 0.5) is 10.1 Å². The van der Waals surface area contributed by atoms with Crippen molar-refractivity contribution in [3.05, 3.63) is 88.9 Å². The molecule has 1 aromatic heterocycles. The van der Waals surface area contributed by atoms with Crippen molar-refractivity contribution in [2.75, 3.05) is 10.7 Å². The number of benzene rings is 2. The van der Waals surface area contributed by atoms with E-state index in [9.17, 15) is 23.9 Å². The molecule has 0 radical (unpaired) electrons. The van der Waals surface area contributed by atoms with Gasteiger partial charge in [-0.05, 0) is 60.5 Å². The first-order valence-corrected chi connectivity index (χ1v) is 10.6. The maximum Gasteiger partial charge on any atom is 0.344 e. The van der Waals surface area contributed by atoms with Gasteiger partial charge in [0.1, 0.15) is 16.8 Å². The number of carbonyl (C=O) groups is 3. The number of halogens is 1. The third kappa shape index (κ3) is 4.19. The van der Waals surface area contributed by atoms with Gasteiger partial charge in [0.25, 0.3) is 0 Å². The van der Waals surface area contributed by atoms with Crippen molar-refractivity contribution in [1.82, 2.24) is 4.98 Å². The summed E-state index contributed by atoms with van der Waals surface area (Å²) in [7, 11) is 0. The van der Waals surface area contributed by atoms with E-state index in [1.807, 2.05) is 0 Å². The maximum absolute atomic E-state index is 13.3. The number of aryl methyl sites for hydroxylation is 1. The molecule has 2 aromatic carbocycles. The molecule has 1 fully saturated rings. The van der Waals surface area contributed by atoms with Crippen LogP contribution < -0.4 is 9.64 Å². The monoisotopic (exact) mass is 452 g/mol. The lowest BCUT2D eigenvalue weighted by atomic mass is 10.1. The Labute approximate surface area is 186 Å². The van der Waals surface area contributed by atoms with Gasteiger partial charge in [0.2, 0.25) is 11.8 Å². The lowest BCUT2D eigenvalue weighted by molar-refractivity contribution is -0.115. The van der Waals surface area contributed by atoms with Crippen molar-refractivity contribution in [2.24, 2.45) is 0 Å². The van der Waals surface area contributed by atoms with Crippen molar-refractivity contribution in [3.8, 4) is 5.88 Å². The summed E-state index contributed by atoms with van der Waals surface area (Å²) in [6.45, 7) is 1.76. The maximum atomic E-state index is 13.3. The molecule has 1 unspecified atom stereocenters. The molecule has 0 aliphatic carbocycles. The van der Waals surface area contributed by atoms with Crippen LogP contribution in [-0.2, 0) is 4.79 Å². The predicted octanol–water partition coefficient (Wildman–Crippen LogP) is 4.23. The molecule has 0 spiro atoms. The largest absolute Gasteiger partial charge is 0.477 e. The summed E-state index contributed by atoms with van der Waals surface area (Å²) in [4.78, 5) is 41.9. The molecule has 0 bridgehead atoms. The molecule has 1 aliphatic heterocycles. The third-order valence-electron chi connectivity index (χ3n) is 4.91. The zero-order valence-electron chi connectivity index (χ0n) is 16.8. The van der Waals surface area contributed by atoms with Crippen LogP contribution in [0.3, 0.4) is 0 Å². The van der Waals surface area contributed by atoms with E-state index in [1.165, 1.54) is 48.3 Å². The highest BCUT2D eigenvalue weighted by Crippen LogP contribution is 2.42. The number of pyridine rings is 1. The molecule has 4 rings (SSSR count). The number of rotatable bonds is 5. The summed E-state index contributed by atoms with van der Waals surface area (Å²) in [5, 5.41) is 8.90. The molecule has 1 aliphatic rings. The molecule has 162 valence electrons. The van der Waals surface area contributed by atoms with Gasteiger partial charge in [0, 0.05) is 11.9 Å². The summed E-state index contributed by atoms with van der Waals surface area (Å²) >= 11 is 1.44. The van der Waals surface area contributed by atoms with E-state index in [-0.39, 0.29) is 39.9 Å². The van der Waals surface area contributed by atoms with Crippen LogP contribution in [-0.4, -0.2) is 33.7 Å². The molecular weight excluding hydrogens is 435 g/mol. The van der Waals surface area contributed by atoms with Crippen molar-refractivity contribution >= 4 is 35.3 Å². The quantitative estimate of drug-likeness (QED) is 0.579. The van der Waals surface area contributed by atoms with E-state index >= 15 is 0 Å². The van der Waals surface area contributed by atoms with Crippen LogP contribution in [0.5, 0.6) is 5.88 Å². The van der Waals surface area contributed by atoms with E-state index in [0.29, 0.717) is 11.3 Å². The standard InChI is InChI=1S/C23H17FN2O5S/c1-13-11-15(23(30)31-20-17(22(28)29)3-2-10-25-20)6-9-18(13)26-19(27)12-32-21(26)14-4-7-16(24)8-5-14/h2-11,21H,12H2,1H3,(H,28,29). The average Bonchev–Trinajstić information content (AvgIpc) is 3.15. The fourth-order valence-electron chi connectivity index (χ4n) is 3.39. The smallest absolute Gasteiger partial charge is 0.344 e. The first-order valence-electron chi connectivity index (χ1n) is 9.55. The second-order valence-electron chi connectivity index (χ2n) is 7.03. The zero-order valence-corrected chi connectivity index (χ0v) is 17.6. The van der Waals surface area contributed by atoms with Crippen LogP contribution in [0, 0.1) is 12.7 Å². The number of aromatic carboxylic acids is 1. The Bertz CT molecular complexity index is 1220. The van der Waals surface area contributed by atoms with Crippen LogP contribution in [0.25, 0.3) is 0 Å². The molecular formula is C23H17FN2O5S. The second kappa shape index (κ2) is 8.80. The van der Waals surface area contributed by atoms with Crippen LogP contribution in [0.2, 0.25) is 0 Å². The van der Waals surface area contributed by atoms with E-state index in [4.69, 9.17) is 4.74 Å². The number of thioether (sulfide) groups is 1. The Hall–Kier alpha value is -3.72. The van der Waals surface area contributed by atoms with Gasteiger partial charge < -0.3 is 9.84 Å². The van der Waals surface area contributed by atoms with Crippen LogP contribution in [0.15, 0.2) is 60.8 Å². The molecule has 3 aromatic rings. The predicted molar refractivity (Wildman–Crippen MR) is 116 cm³/mol. The van der Waals surface area contributed by atoms with Gasteiger partial charge in [0.05, 0.1) is 11.3 Å². The number of hydrogen-bond acceptors (Lipinski definition) is 6. The summed E-state index contributed by atoms with van der Waals surface area (Å²) in [6.07, 6.45) is 1.33. The Morgan fingerprint density at radius 2 is 1.94 bits per heavy atom. The third-order valence-corrected chi connectivity index (χ3v) is 6.12. The summed E-state index contributed by atoms with van der Waals surface area (Å²) in [5.41, 5.74) is 2.03. The van der Waals surface area contributed by atoms with E-state index in [0.717, 1.165) is 5.56 Å². The molecule has 7 nitrogen and oxygen atoms in total. The molecule has 1 amide bonds. The minimum atomic E-state index is -1.26. The first kappa shape index (κ1) is 21.5. The topological polar surface area (TPSA) is 96.8 Å². The fourth-order valence-corrected chi connectivity index (χ4v) is 4.56. The lowest BCUT2D eigenvalue weighted by Crippen LogP contribution is -2.28. The number of carboxylic acids is 1. The Kier molecular flexibility index (Phi) is 5.91. The number of nitrogens with zero attached hydrogens (tertiary/aromatic N) is 2. The van der Waals surface area contributed by atoms with Crippen LogP contribution >= 0.6 is 11.8 Å². The normalized spacial score (nSPS) is 15.6. The number of carbonyl (C=O) groups excluding carboxylic acids is 2. The van der Waals surface area contributed by atoms with Gasteiger partial charge in [0.15, 0.2) is 0 Å². The molecule has 1 atom stereocenters. The number of ether oxygens (including phenoxy) is 1. The zero-order chi connectivity index (χ0) is 22.8. The number of carboxylic acid groups (broad SMARTS) is 1. The molecule has 1 saturated heterocycles. The van der Waals surface area contributed by atoms with Gasteiger partial charge in [-0.3, -0.25) is 9.69 Å². The average molecular weight is 452 g/mol. The van der Waals surface area contributed by atoms with Gasteiger partial charge in [-0.15, -0.1) is 11.8 Å². The first-order chi connectivity index (χ1) is 15.3.